The van der Waals surface area contributed by atoms with E-state index >= 15 is 0 Å². The molecule has 0 bridgehead atoms. The SMILES string of the molecule is COC(=O)c1ccc(COc2ccc(C(O)C(O)CBr)cc2OC)o1. The fourth-order valence-corrected chi connectivity index (χ4v) is 2.46. The van der Waals surface area contributed by atoms with Gasteiger partial charge in [0.25, 0.3) is 0 Å². The van der Waals surface area contributed by atoms with Gasteiger partial charge in [-0.2, -0.15) is 0 Å². The Morgan fingerprint density at radius 3 is 2.60 bits per heavy atom. The summed E-state index contributed by atoms with van der Waals surface area (Å²) < 4.78 is 20.8. The van der Waals surface area contributed by atoms with Gasteiger partial charge in [0.05, 0.1) is 20.3 Å². The predicted octanol–water partition coefficient (Wildman–Crippen LogP) is 2.44. The molecular formula is C17H19BrO7. The highest BCUT2D eigenvalue weighted by Crippen LogP contribution is 2.32. The number of benzene rings is 1. The van der Waals surface area contributed by atoms with Crippen LogP contribution in [0.4, 0.5) is 0 Å². The van der Waals surface area contributed by atoms with Crippen molar-refractivity contribution in [2.24, 2.45) is 0 Å². The minimum atomic E-state index is -1.05. The van der Waals surface area contributed by atoms with E-state index in [9.17, 15) is 15.0 Å². The number of esters is 1. The van der Waals surface area contributed by atoms with Gasteiger partial charge in [-0.05, 0) is 29.8 Å². The van der Waals surface area contributed by atoms with Crippen LogP contribution < -0.4 is 9.47 Å². The summed E-state index contributed by atoms with van der Waals surface area (Å²) in [7, 11) is 2.75. The van der Waals surface area contributed by atoms with E-state index in [1.165, 1.54) is 20.3 Å². The van der Waals surface area contributed by atoms with E-state index in [4.69, 9.17) is 13.9 Å². The zero-order chi connectivity index (χ0) is 18.4. The number of hydrogen-bond acceptors (Lipinski definition) is 7. The summed E-state index contributed by atoms with van der Waals surface area (Å²) >= 11 is 3.12. The summed E-state index contributed by atoms with van der Waals surface area (Å²) in [5.74, 6) is 0.810. The van der Waals surface area contributed by atoms with Crippen molar-refractivity contribution in [2.75, 3.05) is 19.5 Å². The maximum Gasteiger partial charge on any atom is 0.373 e. The number of ether oxygens (including phenoxy) is 3. The largest absolute Gasteiger partial charge is 0.493 e. The Morgan fingerprint density at radius 1 is 1.20 bits per heavy atom. The first-order valence-electron chi connectivity index (χ1n) is 7.40. The number of hydrogen-bond donors (Lipinski definition) is 2. The molecule has 2 aromatic rings. The molecule has 2 unspecified atom stereocenters. The lowest BCUT2D eigenvalue weighted by Gasteiger charge is -2.18. The van der Waals surface area contributed by atoms with Crippen LogP contribution in [0.2, 0.25) is 0 Å². The van der Waals surface area contributed by atoms with Gasteiger partial charge in [0.15, 0.2) is 11.5 Å². The van der Waals surface area contributed by atoms with Gasteiger partial charge >= 0.3 is 5.97 Å². The zero-order valence-corrected chi connectivity index (χ0v) is 15.4. The number of aliphatic hydroxyl groups excluding tert-OH is 2. The second-order valence-electron chi connectivity index (χ2n) is 5.12. The first-order chi connectivity index (χ1) is 12.0. The molecule has 0 aliphatic carbocycles. The zero-order valence-electron chi connectivity index (χ0n) is 13.8. The van der Waals surface area contributed by atoms with Crippen molar-refractivity contribution in [3.8, 4) is 11.5 Å². The molecule has 8 heteroatoms. The Morgan fingerprint density at radius 2 is 1.96 bits per heavy atom. The first-order valence-corrected chi connectivity index (χ1v) is 8.52. The summed E-state index contributed by atoms with van der Waals surface area (Å²) in [4.78, 5) is 11.4. The average molecular weight is 415 g/mol. The lowest BCUT2D eigenvalue weighted by atomic mass is 10.0. The second-order valence-corrected chi connectivity index (χ2v) is 5.77. The highest BCUT2D eigenvalue weighted by Gasteiger charge is 2.19. The molecule has 2 atom stereocenters. The molecule has 1 aromatic carbocycles. The van der Waals surface area contributed by atoms with Crippen LogP contribution in [0.15, 0.2) is 34.7 Å². The van der Waals surface area contributed by atoms with Crippen LogP contribution in [0.3, 0.4) is 0 Å². The third-order valence-corrected chi connectivity index (χ3v) is 4.13. The lowest BCUT2D eigenvalue weighted by molar-refractivity contribution is 0.0341. The van der Waals surface area contributed by atoms with Gasteiger partial charge < -0.3 is 28.8 Å². The quantitative estimate of drug-likeness (QED) is 0.505. The smallest absolute Gasteiger partial charge is 0.373 e. The molecule has 0 fully saturated rings. The van der Waals surface area contributed by atoms with Crippen LogP contribution in [0, 0.1) is 0 Å². The Hall–Kier alpha value is -2.03. The Bertz CT molecular complexity index is 713. The fourth-order valence-electron chi connectivity index (χ4n) is 2.11. The van der Waals surface area contributed by atoms with Crippen molar-refractivity contribution in [2.45, 2.75) is 18.8 Å². The molecule has 0 aliphatic heterocycles. The molecule has 2 rings (SSSR count). The number of furan rings is 1. The Balaban J connectivity index is 2.09. The molecule has 0 radical (unpaired) electrons. The third-order valence-electron chi connectivity index (χ3n) is 3.47. The minimum Gasteiger partial charge on any atom is -0.493 e. The van der Waals surface area contributed by atoms with E-state index in [0.717, 1.165) is 0 Å². The molecule has 136 valence electrons. The highest BCUT2D eigenvalue weighted by molar-refractivity contribution is 9.09. The summed E-state index contributed by atoms with van der Waals surface area (Å²) in [6, 6.07) is 7.97. The number of carbonyl (C=O) groups is 1. The predicted molar refractivity (Wildman–Crippen MR) is 92.1 cm³/mol. The lowest BCUT2D eigenvalue weighted by Crippen LogP contribution is -2.19. The van der Waals surface area contributed by atoms with Crippen molar-refractivity contribution < 1.29 is 33.6 Å². The van der Waals surface area contributed by atoms with Crippen molar-refractivity contribution in [1.29, 1.82) is 0 Å². The Labute approximate surface area is 153 Å². The van der Waals surface area contributed by atoms with E-state index in [0.29, 0.717) is 22.8 Å². The summed E-state index contributed by atoms with van der Waals surface area (Å²) in [6.45, 7) is 0.0826. The Kier molecular flexibility index (Phi) is 6.86. The molecular weight excluding hydrogens is 396 g/mol. The summed E-state index contributed by atoms with van der Waals surface area (Å²) in [5.41, 5.74) is 0.502. The van der Waals surface area contributed by atoms with Crippen molar-refractivity contribution in [3.63, 3.8) is 0 Å². The van der Waals surface area contributed by atoms with E-state index < -0.39 is 18.2 Å². The van der Waals surface area contributed by atoms with E-state index in [-0.39, 0.29) is 17.7 Å². The molecule has 1 aromatic heterocycles. The van der Waals surface area contributed by atoms with Gasteiger partial charge in [-0.3, -0.25) is 0 Å². The molecule has 7 nitrogen and oxygen atoms in total. The minimum absolute atomic E-state index is 0.0826. The van der Waals surface area contributed by atoms with Gasteiger partial charge in [0, 0.05) is 5.33 Å². The van der Waals surface area contributed by atoms with Crippen LogP contribution >= 0.6 is 15.9 Å². The van der Waals surface area contributed by atoms with Crippen molar-refractivity contribution in [1.82, 2.24) is 0 Å². The van der Waals surface area contributed by atoms with Crippen LogP contribution in [0.5, 0.6) is 11.5 Å². The van der Waals surface area contributed by atoms with Gasteiger partial charge in [-0.15, -0.1) is 0 Å². The topological polar surface area (TPSA) is 98.4 Å². The molecule has 0 spiro atoms. The van der Waals surface area contributed by atoms with Gasteiger partial charge in [-0.1, -0.05) is 22.0 Å². The third kappa shape index (κ3) is 4.75. The molecule has 25 heavy (non-hydrogen) atoms. The second kappa shape index (κ2) is 8.89. The number of aliphatic hydroxyl groups is 2. The fraction of sp³-hybridized carbons (Fsp3) is 0.353. The van der Waals surface area contributed by atoms with Crippen LogP contribution in [0.25, 0.3) is 0 Å². The first kappa shape index (κ1) is 19.3. The summed E-state index contributed by atoms with van der Waals surface area (Å²) in [6.07, 6.45) is -1.98. The van der Waals surface area contributed by atoms with Gasteiger partial charge in [0.2, 0.25) is 5.76 Å². The monoisotopic (exact) mass is 414 g/mol. The standard InChI is InChI=1S/C17H19BrO7/c1-22-15-7-10(16(20)12(19)8-18)3-5-13(15)24-9-11-4-6-14(25-11)17(21)23-2/h3-7,12,16,19-20H,8-9H2,1-2H3. The van der Waals surface area contributed by atoms with Gasteiger partial charge in [-0.25, -0.2) is 4.79 Å². The van der Waals surface area contributed by atoms with E-state index in [1.54, 1.807) is 24.3 Å². The number of methoxy groups -OCH3 is 2. The van der Waals surface area contributed by atoms with Crippen molar-refractivity contribution >= 4 is 21.9 Å². The average Bonchev–Trinajstić information content (AvgIpc) is 3.13. The van der Waals surface area contributed by atoms with Crippen LogP contribution in [-0.4, -0.2) is 41.8 Å². The number of halogens is 1. The van der Waals surface area contributed by atoms with Crippen LogP contribution in [0.1, 0.15) is 28.0 Å². The van der Waals surface area contributed by atoms with E-state index in [1.807, 2.05) is 0 Å². The molecule has 0 saturated carbocycles. The van der Waals surface area contributed by atoms with Crippen molar-refractivity contribution in [3.05, 3.63) is 47.4 Å². The molecule has 1 heterocycles. The number of carbonyl (C=O) groups excluding carboxylic acids is 1. The molecule has 2 N–H and O–H groups in total. The molecule has 0 saturated heterocycles. The number of alkyl halides is 1. The maximum atomic E-state index is 11.4. The molecule has 0 aliphatic rings. The van der Waals surface area contributed by atoms with E-state index in [2.05, 4.69) is 20.7 Å². The molecule has 0 amide bonds. The number of rotatable bonds is 8. The normalized spacial score (nSPS) is 13.2. The maximum absolute atomic E-state index is 11.4. The van der Waals surface area contributed by atoms with Gasteiger partial charge in [0.1, 0.15) is 18.5 Å². The highest BCUT2D eigenvalue weighted by atomic mass is 79.9. The summed E-state index contributed by atoms with van der Waals surface area (Å²) in [5, 5.41) is 20.0. The van der Waals surface area contributed by atoms with Crippen LogP contribution in [-0.2, 0) is 11.3 Å².